The van der Waals surface area contributed by atoms with E-state index in [1.165, 1.54) is 4.68 Å². The molecule has 3 aromatic carbocycles. The second kappa shape index (κ2) is 8.70. The molecular formula is C26H22N4O3. The topological polar surface area (TPSA) is 84.3 Å². The molecule has 33 heavy (non-hydrogen) atoms. The van der Waals surface area contributed by atoms with Gasteiger partial charge in [0.05, 0.1) is 22.3 Å². The standard InChI is InChI=1S/C26H22N4O3/c31-24(27-22-15-7-6-14-21(22)25(32)29-16-8-9-17-29)23-19-12-4-5-13-20(19)26(33)30(28-23)18-10-2-1-3-11-18/h1-7,10-15H,8-9,16-17H2,(H,27,31). The molecule has 164 valence electrons. The maximum absolute atomic E-state index is 13.4. The summed E-state index contributed by atoms with van der Waals surface area (Å²) >= 11 is 0. The van der Waals surface area contributed by atoms with Gasteiger partial charge < -0.3 is 10.2 Å². The smallest absolute Gasteiger partial charge is 0.279 e. The van der Waals surface area contributed by atoms with Gasteiger partial charge in [-0.15, -0.1) is 0 Å². The first-order valence-electron chi connectivity index (χ1n) is 10.9. The molecule has 7 heteroatoms. The molecule has 0 unspecified atom stereocenters. The zero-order valence-corrected chi connectivity index (χ0v) is 17.9. The van der Waals surface area contributed by atoms with Crippen molar-refractivity contribution < 1.29 is 9.59 Å². The Hall–Kier alpha value is -4.26. The maximum Gasteiger partial charge on any atom is 0.279 e. The number of amides is 2. The number of carbonyl (C=O) groups excluding carboxylic acids is 2. The first-order valence-corrected chi connectivity index (χ1v) is 10.9. The van der Waals surface area contributed by atoms with Crippen molar-refractivity contribution in [1.82, 2.24) is 14.7 Å². The summed E-state index contributed by atoms with van der Waals surface area (Å²) in [6.07, 6.45) is 1.97. The van der Waals surface area contributed by atoms with Crippen LogP contribution < -0.4 is 10.9 Å². The van der Waals surface area contributed by atoms with E-state index in [1.54, 1.807) is 77.7 Å². The summed E-state index contributed by atoms with van der Waals surface area (Å²) in [6, 6.07) is 22.8. The van der Waals surface area contributed by atoms with Crippen LogP contribution in [0, 0.1) is 0 Å². The van der Waals surface area contributed by atoms with Gasteiger partial charge in [0.25, 0.3) is 17.4 Å². The minimum atomic E-state index is -0.488. The number of para-hydroxylation sites is 2. The monoisotopic (exact) mass is 438 g/mol. The first-order chi connectivity index (χ1) is 16.1. The highest BCUT2D eigenvalue weighted by Crippen LogP contribution is 2.22. The zero-order valence-electron chi connectivity index (χ0n) is 17.9. The van der Waals surface area contributed by atoms with E-state index in [0.717, 1.165) is 25.9 Å². The lowest BCUT2D eigenvalue weighted by atomic mass is 10.1. The van der Waals surface area contributed by atoms with Crippen molar-refractivity contribution in [2.24, 2.45) is 0 Å². The second-order valence-electron chi connectivity index (χ2n) is 7.95. The highest BCUT2D eigenvalue weighted by Gasteiger charge is 2.24. The highest BCUT2D eigenvalue weighted by atomic mass is 16.2. The van der Waals surface area contributed by atoms with Crippen LogP contribution in [0.25, 0.3) is 16.5 Å². The number of nitrogens with one attached hydrogen (secondary N) is 1. The van der Waals surface area contributed by atoms with Crippen LogP contribution in [0.15, 0.2) is 83.7 Å². The minimum absolute atomic E-state index is 0.101. The molecule has 0 saturated carbocycles. The summed E-state index contributed by atoms with van der Waals surface area (Å²) < 4.78 is 1.23. The van der Waals surface area contributed by atoms with E-state index in [1.807, 2.05) is 6.07 Å². The van der Waals surface area contributed by atoms with Gasteiger partial charge in [-0.2, -0.15) is 9.78 Å². The van der Waals surface area contributed by atoms with Gasteiger partial charge >= 0.3 is 0 Å². The van der Waals surface area contributed by atoms with Gasteiger partial charge in [-0.05, 0) is 43.2 Å². The molecule has 0 spiro atoms. The van der Waals surface area contributed by atoms with Crippen LogP contribution in [0.2, 0.25) is 0 Å². The average molecular weight is 438 g/mol. The van der Waals surface area contributed by atoms with E-state index >= 15 is 0 Å². The third kappa shape index (κ3) is 3.89. The summed E-state index contributed by atoms with van der Waals surface area (Å²) in [5.41, 5.74) is 1.22. The minimum Gasteiger partial charge on any atom is -0.339 e. The fourth-order valence-corrected chi connectivity index (χ4v) is 4.15. The first kappa shape index (κ1) is 20.6. The zero-order chi connectivity index (χ0) is 22.8. The lowest BCUT2D eigenvalue weighted by Gasteiger charge is -2.18. The molecule has 0 aliphatic carbocycles. The van der Waals surface area contributed by atoms with Crippen LogP contribution in [0.3, 0.4) is 0 Å². The molecule has 0 bridgehead atoms. The van der Waals surface area contributed by atoms with E-state index in [0.29, 0.717) is 27.7 Å². The summed E-state index contributed by atoms with van der Waals surface area (Å²) in [6.45, 7) is 1.44. The van der Waals surface area contributed by atoms with E-state index in [2.05, 4.69) is 10.4 Å². The lowest BCUT2D eigenvalue weighted by molar-refractivity contribution is 0.0794. The Balaban J connectivity index is 1.57. The summed E-state index contributed by atoms with van der Waals surface area (Å²) in [5.74, 6) is -0.590. The van der Waals surface area contributed by atoms with Gasteiger partial charge in [0.15, 0.2) is 5.69 Å². The lowest BCUT2D eigenvalue weighted by Crippen LogP contribution is -2.29. The van der Waals surface area contributed by atoms with E-state index in [4.69, 9.17) is 0 Å². The SMILES string of the molecule is O=C(Nc1ccccc1C(=O)N1CCCC1)c1nn(-c2ccccc2)c(=O)c2ccccc12. The third-order valence-electron chi connectivity index (χ3n) is 5.82. The Kier molecular flexibility index (Phi) is 5.44. The van der Waals surface area contributed by atoms with Gasteiger partial charge in [0.1, 0.15) is 0 Å². The molecule has 1 aromatic heterocycles. The number of rotatable bonds is 4. The number of hydrogen-bond acceptors (Lipinski definition) is 4. The van der Waals surface area contributed by atoms with E-state index in [-0.39, 0.29) is 17.2 Å². The van der Waals surface area contributed by atoms with Crippen LogP contribution >= 0.6 is 0 Å². The number of benzene rings is 3. The van der Waals surface area contributed by atoms with Gasteiger partial charge in [-0.3, -0.25) is 14.4 Å². The van der Waals surface area contributed by atoms with Crippen molar-refractivity contribution in [3.05, 3.63) is 100 Å². The maximum atomic E-state index is 13.4. The van der Waals surface area contributed by atoms with Crippen molar-refractivity contribution in [2.45, 2.75) is 12.8 Å². The predicted molar refractivity (Wildman–Crippen MR) is 127 cm³/mol. The number of anilines is 1. The molecular weight excluding hydrogens is 416 g/mol. The molecule has 7 nitrogen and oxygen atoms in total. The van der Waals surface area contributed by atoms with Crippen molar-refractivity contribution in [3.63, 3.8) is 0 Å². The Bertz CT molecular complexity index is 1410. The second-order valence-corrected chi connectivity index (χ2v) is 7.95. The Morgan fingerprint density at radius 2 is 1.42 bits per heavy atom. The molecule has 1 aliphatic rings. The van der Waals surface area contributed by atoms with Gasteiger partial charge in [-0.25, -0.2) is 0 Å². The third-order valence-corrected chi connectivity index (χ3v) is 5.82. The Morgan fingerprint density at radius 1 is 0.788 bits per heavy atom. The van der Waals surface area contributed by atoms with Crippen LogP contribution in [-0.2, 0) is 0 Å². The quantitative estimate of drug-likeness (QED) is 0.524. The number of likely N-dealkylation sites (tertiary alicyclic amines) is 1. The van der Waals surface area contributed by atoms with Gasteiger partial charge in [0, 0.05) is 18.5 Å². The summed E-state index contributed by atoms with van der Waals surface area (Å²) in [5, 5.41) is 8.12. The van der Waals surface area contributed by atoms with Crippen molar-refractivity contribution in [1.29, 1.82) is 0 Å². The molecule has 0 radical (unpaired) electrons. The van der Waals surface area contributed by atoms with Crippen LogP contribution in [0.1, 0.15) is 33.7 Å². The van der Waals surface area contributed by atoms with Crippen molar-refractivity contribution in [3.8, 4) is 5.69 Å². The van der Waals surface area contributed by atoms with Crippen molar-refractivity contribution in [2.75, 3.05) is 18.4 Å². The number of carbonyl (C=O) groups is 2. The Labute approximate surface area is 190 Å². The molecule has 1 N–H and O–H groups in total. The average Bonchev–Trinajstić information content (AvgIpc) is 3.40. The number of fused-ring (bicyclic) bond motifs is 1. The number of nitrogens with zero attached hydrogens (tertiary/aromatic N) is 3. The van der Waals surface area contributed by atoms with Crippen LogP contribution in [-0.4, -0.2) is 39.6 Å². The highest BCUT2D eigenvalue weighted by molar-refractivity contribution is 6.13. The largest absolute Gasteiger partial charge is 0.339 e. The molecule has 1 fully saturated rings. The summed E-state index contributed by atoms with van der Waals surface area (Å²) in [4.78, 5) is 41.3. The molecule has 1 saturated heterocycles. The van der Waals surface area contributed by atoms with Crippen LogP contribution in [0.5, 0.6) is 0 Å². The van der Waals surface area contributed by atoms with E-state index < -0.39 is 5.91 Å². The van der Waals surface area contributed by atoms with Gasteiger partial charge in [-0.1, -0.05) is 48.5 Å². The summed E-state index contributed by atoms with van der Waals surface area (Å²) in [7, 11) is 0. The van der Waals surface area contributed by atoms with Crippen molar-refractivity contribution >= 4 is 28.3 Å². The molecule has 5 rings (SSSR count). The molecule has 1 aliphatic heterocycles. The van der Waals surface area contributed by atoms with E-state index in [9.17, 15) is 14.4 Å². The number of hydrogen-bond donors (Lipinski definition) is 1. The predicted octanol–water partition coefficient (Wildman–Crippen LogP) is 3.87. The number of aromatic nitrogens is 2. The molecule has 0 atom stereocenters. The fraction of sp³-hybridized carbons (Fsp3) is 0.154. The molecule has 2 amide bonds. The molecule has 4 aromatic rings. The van der Waals surface area contributed by atoms with Gasteiger partial charge in [0.2, 0.25) is 0 Å². The Morgan fingerprint density at radius 3 is 2.18 bits per heavy atom. The van der Waals surface area contributed by atoms with Crippen LogP contribution in [0.4, 0.5) is 5.69 Å². The molecule has 2 heterocycles. The fourth-order valence-electron chi connectivity index (χ4n) is 4.15. The normalized spacial score (nSPS) is 13.3.